The van der Waals surface area contributed by atoms with E-state index in [1.807, 2.05) is 11.9 Å². The van der Waals surface area contributed by atoms with Gasteiger partial charge in [0, 0.05) is 37.6 Å². The molecule has 1 amide bonds. The van der Waals surface area contributed by atoms with Crippen molar-refractivity contribution in [3.8, 4) is 0 Å². The Morgan fingerprint density at radius 2 is 2.00 bits per heavy atom. The SMILES string of the molecule is CN(CC(=O)N1C[C@@]2(C)C[C@@H]1CC(C)(C)C2)c1nc(Cc2ccc(F)cc2)ns1. The molecule has 1 aliphatic heterocycles. The molecular formula is C22H29FN4OS. The third-order valence-corrected chi connectivity index (χ3v) is 7.04. The summed E-state index contributed by atoms with van der Waals surface area (Å²) in [4.78, 5) is 21.6. The number of likely N-dealkylation sites (N-methyl/N-ethyl adjacent to an activating group) is 1. The Hall–Kier alpha value is -2.02. The number of anilines is 1. The summed E-state index contributed by atoms with van der Waals surface area (Å²) in [7, 11) is 1.90. The number of nitrogens with zero attached hydrogens (tertiary/aromatic N) is 4. The molecule has 1 aliphatic carbocycles. The molecule has 0 N–H and O–H groups in total. The van der Waals surface area contributed by atoms with E-state index in [4.69, 9.17) is 0 Å². The smallest absolute Gasteiger partial charge is 0.242 e. The zero-order chi connectivity index (χ0) is 20.8. The van der Waals surface area contributed by atoms with Crippen LogP contribution in [0.2, 0.25) is 0 Å². The van der Waals surface area contributed by atoms with Gasteiger partial charge in [-0.25, -0.2) is 9.37 Å². The molecule has 1 saturated carbocycles. The minimum atomic E-state index is -0.248. The second-order valence-corrected chi connectivity index (χ2v) is 10.6. The van der Waals surface area contributed by atoms with E-state index in [1.165, 1.54) is 30.1 Å². The summed E-state index contributed by atoms with van der Waals surface area (Å²) in [6, 6.07) is 6.74. The van der Waals surface area contributed by atoms with Crippen LogP contribution >= 0.6 is 11.5 Å². The third kappa shape index (κ3) is 4.44. The molecule has 0 radical (unpaired) electrons. The summed E-state index contributed by atoms with van der Waals surface area (Å²) in [5, 5.41) is 0.740. The molecule has 5 nitrogen and oxygen atoms in total. The Morgan fingerprint density at radius 3 is 2.72 bits per heavy atom. The van der Waals surface area contributed by atoms with Crippen LogP contribution in [0.15, 0.2) is 24.3 Å². The number of fused-ring (bicyclic) bond motifs is 2. The maximum atomic E-state index is 13.1. The number of rotatable bonds is 5. The summed E-state index contributed by atoms with van der Waals surface area (Å²) in [5.74, 6) is 0.624. The lowest BCUT2D eigenvalue weighted by Crippen LogP contribution is -2.42. The van der Waals surface area contributed by atoms with Gasteiger partial charge in [0.25, 0.3) is 0 Å². The lowest BCUT2D eigenvalue weighted by Gasteiger charge is -2.39. The maximum Gasteiger partial charge on any atom is 0.242 e. The summed E-state index contributed by atoms with van der Waals surface area (Å²) in [5.41, 5.74) is 1.51. The molecule has 29 heavy (non-hydrogen) atoms. The molecule has 2 atom stereocenters. The number of halogens is 1. The third-order valence-electron chi connectivity index (χ3n) is 6.17. The highest BCUT2D eigenvalue weighted by atomic mass is 32.1. The molecule has 7 heteroatoms. The minimum Gasteiger partial charge on any atom is -0.341 e. The van der Waals surface area contributed by atoms with E-state index in [9.17, 15) is 9.18 Å². The number of hydrogen-bond acceptors (Lipinski definition) is 5. The van der Waals surface area contributed by atoms with Gasteiger partial charge in [-0.05, 0) is 47.8 Å². The number of amides is 1. The van der Waals surface area contributed by atoms with Gasteiger partial charge in [-0.3, -0.25) is 4.79 Å². The Morgan fingerprint density at radius 1 is 1.28 bits per heavy atom. The Bertz CT molecular complexity index is 896. The average molecular weight is 417 g/mol. The number of aromatic nitrogens is 2. The van der Waals surface area contributed by atoms with Crippen molar-refractivity contribution in [3.63, 3.8) is 0 Å². The highest BCUT2D eigenvalue weighted by Gasteiger charge is 2.50. The summed E-state index contributed by atoms with van der Waals surface area (Å²) in [6.07, 6.45) is 3.94. The molecule has 1 aromatic carbocycles. The van der Waals surface area contributed by atoms with Gasteiger partial charge in [0.1, 0.15) is 11.6 Å². The topological polar surface area (TPSA) is 49.3 Å². The molecular weight excluding hydrogens is 387 g/mol. The Kier molecular flexibility index (Phi) is 5.13. The number of benzene rings is 1. The van der Waals surface area contributed by atoms with Gasteiger partial charge in [-0.15, -0.1) is 0 Å². The van der Waals surface area contributed by atoms with Crippen LogP contribution in [0, 0.1) is 16.6 Å². The summed E-state index contributed by atoms with van der Waals surface area (Å²) < 4.78 is 17.5. The minimum absolute atomic E-state index is 0.175. The highest BCUT2D eigenvalue weighted by Crippen LogP contribution is 2.52. The van der Waals surface area contributed by atoms with Crippen molar-refractivity contribution in [2.75, 3.05) is 25.0 Å². The predicted octanol–water partition coefficient (Wildman–Crippen LogP) is 4.13. The van der Waals surface area contributed by atoms with E-state index in [0.29, 0.717) is 30.2 Å². The van der Waals surface area contributed by atoms with E-state index in [2.05, 4.69) is 35.0 Å². The second kappa shape index (κ2) is 7.35. The van der Waals surface area contributed by atoms with Crippen molar-refractivity contribution < 1.29 is 9.18 Å². The lowest BCUT2D eigenvalue weighted by atomic mass is 9.65. The lowest BCUT2D eigenvalue weighted by molar-refractivity contribution is -0.130. The van der Waals surface area contributed by atoms with Crippen molar-refractivity contribution in [2.45, 2.75) is 52.5 Å². The van der Waals surface area contributed by atoms with E-state index in [-0.39, 0.29) is 17.1 Å². The fourth-order valence-corrected chi connectivity index (χ4v) is 6.01. The van der Waals surface area contributed by atoms with Crippen molar-refractivity contribution in [2.24, 2.45) is 10.8 Å². The van der Waals surface area contributed by atoms with Crippen molar-refractivity contribution in [3.05, 3.63) is 41.5 Å². The number of hydrogen-bond donors (Lipinski definition) is 0. The first-order chi connectivity index (χ1) is 13.6. The molecule has 0 unspecified atom stereocenters. The molecule has 2 aromatic rings. The van der Waals surface area contributed by atoms with Crippen molar-refractivity contribution in [1.82, 2.24) is 14.3 Å². The van der Waals surface area contributed by atoms with Gasteiger partial charge in [0.05, 0.1) is 6.54 Å². The maximum absolute atomic E-state index is 13.1. The first kappa shape index (κ1) is 20.3. The van der Waals surface area contributed by atoms with Crippen LogP contribution < -0.4 is 4.90 Å². The Labute approximate surface area is 176 Å². The molecule has 4 rings (SSSR count). The quantitative estimate of drug-likeness (QED) is 0.735. The average Bonchev–Trinajstić information content (AvgIpc) is 3.18. The van der Waals surface area contributed by atoms with Crippen LogP contribution in [0.3, 0.4) is 0 Å². The normalized spacial score (nSPS) is 25.3. The summed E-state index contributed by atoms with van der Waals surface area (Å²) in [6.45, 7) is 8.14. The van der Waals surface area contributed by atoms with Crippen LogP contribution in [-0.2, 0) is 11.2 Å². The van der Waals surface area contributed by atoms with Gasteiger partial charge < -0.3 is 9.80 Å². The monoisotopic (exact) mass is 416 g/mol. The standard InChI is InChI=1S/C22H29FN4OS/c1-21(2)10-17-11-22(3,13-21)14-27(17)19(28)12-26(4)20-24-18(25-29-20)9-15-5-7-16(23)8-6-15/h5-8,17H,9-14H2,1-4H3/t17-,22-/m0/s1. The van der Waals surface area contributed by atoms with Crippen LogP contribution in [-0.4, -0.2) is 46.3 Å². The van der Waals surface area contributed by atoms with Crippen molar-refractivity contribution >= 4 is 22.6 Å². The number of carbonyl (C=O) groups is 1. The van der Waals surface area contributed by atoms with E-state index in [0.717, 1.165) is 30.1 Å². The zero-order valence-corrected chi connectivity index (χ0v) is 18.4. The Balaban J connectivity index is 1.38. The van der Waals surface area contributed by atoms with Gasteiger partial charge >= 0.3 is 0 Å². The number of carbonyl (C=O) groups excluding carboxylic acids is 1. The van der Waals surface area contributed by atoms with Crippen LogP contribution in [0.4, 0.5) is 9.52 Å². The highest BCUT2D eigenvalue weighted by molar-refractivity contribution is 7.09. The van der Waals surface area contributed by atoms with Crippen LogP contribution in [0.25, 0.3) is 0 Å². The predicted molar refractivity (Wildman–Crippen MR) is 114 cm³/mol. The molecule has 2 heterocycles. The molecule has 2 bridgehead atoms. The first-order valence-corrected chi connectivity index (χ1v) is 11.0. The first-order valence-electron chi connectivity index (χ1n) is 10.2. The van der Waals surface area contributed by atoms with Crippen LogP contribution in [0.5, 0.6) is 0 Å². The van der Waals surface area contributed by atoms with Gasteiger partial charge in [-0.2, -0.15) is 4.37 Å². The van der Waals surface area contributed by atoms with Gasteiger partial charge in [0.2, 0.25) is 11.0 Å². The fourth-order valence-electron chi connectivity index (χ4n) is 5.37. The van der Waals surface area contributed by atoms with E-state index < -0.39 is 0 Å². The molecule has 1 saturated heterocycles. The van der Waals surface area contributed by atoms with Crippen molar-refractivity contribution in [1.29, 1.82) is 0 Å². The summed E-state index contributed by atoms with van der Waals surface area (Å²) >= 11 is 1.30. The van der Waals surface area contributed by atoms with Gasteiger partial charge in [-0.1, -0.05) is 32.9 Å². The largest absolute Gasteiger partial charge is 0.341 e. The van der Waals surface area contributed by atoms with E-state index >= 15 is 0 Å². The second-order valence-electron chi connectivity index (χ2n) is 9.89. The van der Waals surface area contributed by atoms with Crippen LogP contribution in [0.1, 0.15) is 51.4 Å². The molecule has 0 spiro atoms. The fraction of sp³-hybridized carbons (Fsp3) is 0.591. The molecule has 2 fully saturated rings. The number of likely N-dealkylation sites (tertiary alicyclic amines) is 1. The van der Waals surface area contributed by atoms with Gasteiger partial charge in [0.15, 0.2) is 0 Å². The molecule has 156 valence electrons. The molecule has 2 aliphatic rings. The zero-order valence-electron chi connectivity index (χ0n) is 17.6. The van der Waals surface area contributed by atoms with E-state index in [1.54, 1.807) is 12.1 Å². The molecule has 1 aromatic heterocycles.